The number of amides is 1. The van der Waals surface area contributed by atoms with Crippen molar-refractivity contribution in [3.63, 3.8) is 0 Å². The lowest BCUT2D eigenvalue weighted by Crippen LogP contribution is -2.56. The van der Waals surface area contributed by atoms with Crippen LogP contribution in [0.15, 0.2) is 0 Å². The van der Waals surface area contributed by atoms with Gasteiger partial charge in [0.05, 0.1) is 5.41 Å². The molecule has 3 heteroatoms. The van der Waals surface area contributed by atoms with Crippen molar-refractivity contribution in [1.82, 2.24) is 4.90 Å². The molecular formula is C13H26N2O. The fourth-order valence-electron chi connectivity index (χ4n) is 2.71. The summed E-state index contributed by atoms with van der Waals surface area (Å²) in [7, 11) is 1.91. The summed E-state index contributed by atoms with van der Waals surface area (Å²) < 4.78 is 0. The average molecular weight is 226 g/mol. The highest BCUT2D eigenvalue weighted by molar-refractivity contribution is 5.84. The zero-order valence-electron chi connectivity index (χ0n) is 11.3. The van der Waals surface area contributed by atoms with Gasteiger partial charge in [0.25, 0.3) is 0 Å². The summed E-state index contributed by atoms with van der Waals surface area (Å²) in [4.78, 5) is 14.3. The first-order valence-corrected chi connectivity index (χ1v) is 6.31. The summed E-state index contributed by atoms with van der Waals surface area (Å²) in [5.74, 6) is 1.38. The van der Waals surface area contributed by atoms with Crippen LogP contribution in [-0.2, 0) is 4.79 Å². The standard InChI is InChI=1S/C13H26N2O/c1-9(2)11(4)15(5)12(16)13(8-14)6-10(3)7-13/h9-11H,6-8,14H2,1-5H3. The van der Waals surface area contributed by atoms with Crippen LogP contribution in [0.25, 0.3) is 0 Å². The molecule has 0 saturated heterocycles. The lowest BCUT2D eigenvalue weighted by atomic mass is 9.61. The highest BCUT2D eigenvalue weighted by Crippen LogP contribution is 2.46. The Kier molecular flexibility index (Phi) is 4.00. The minimum atomic E-state index is -0.253. The topological polar surface area (TPSA) is 46.3 Å². The maximum atomic E-state index is 12.4. The Labute approximate surface area is 99.4 Å². The van der Waals surface area contributed by atoms with E-state index in [-0.39, 0.29) is 17.4 Å². The van der Waals surface area contributed by atoms with Crippen LogP contribution in [0, 0.1) is 17.3 Å². The van der Waals surface area contributed by atoms with E-state index in [1.165, 1.54) is 0 Å². The Morgan fingerprint density at radius 2 is 1.94 bits per heavy atom. The molecule has 0 aromatic rings. The second kappa shape index (κ2) is 4.74. The SMILES string of the molecule is CC1CC(CN)(C(=O)N(C)C(C)C(C)C)C1. The van der Waals surface area contributed by atoms with Gasteiger partial charge in [-0.15, -0.1) is 0 Å². The van der Waals surface area contributed by atoms with Gasteiger partial charge in [0.15, 0.2) is 0 Å². The number of nitrogens with two attached hydrogens (primary N) is 1. The summed E-state index contributed by atoms with van der Waals surface area (Å²) in [5, 5.41) is 0. The monoisotopic (exact) mass is 226 g/mol. The molecule has 0 bridgehead atoms. The van der Waals surface area contributed by atoms with E-state index in [2.05, 4.69) is 27.7 Å². The smallest absolute Gasteiger partial charge is 0.230 e. The minimum absolute atomic E-state index is 0.245. The van der Waals surface area contributed by atoms with Gasteiger partial charge in [0.1, 0.15) is 0 Å². The number of rotatable bonds is 4. The van der Waals surface area contributed by atoms with Gasteiger partial charge in [-0.25, -0.2) is 0 Å². The van der Waals surface area contributed by atoms with Crippen molar-refractivity contribution in [2.75, 3.05) is 13.6 Å². The normalized spacial score (nSPS) is 31.1. The number of carbonyl (C=O) groups excluding carboxylic acids is 1. The first-order chi connectivity index (χ1) is 7.34. The molecule has 2 N–H and O–H groups in total. The molecule has 1 fully saturated rings. The third-order valence-electron chi connectivity index (χ3n) is 4.22. The predicted molar refractivity (Wildman–Crippen MR) is 67.0 cm³/mol. The molecule has 0 radical (unpaired) electrons. The van der Waals surface area contributed by atoms with Gasteiger partial charge < -0.3 is 10.6 Å². The molecule has 1 unspecified atom stereocenters. The summed E-state index contributed by atoms with van der Waals surface area (Å²) >= 11 is 0. The molecule has 3 nitrogen and oxygen atoms in total. The highest BCUT2D eigenvalue weighted by Gasteiger charge is 2.48. The zero-order chi connectivity index (χ0) is 12.5. The Morgan fingerprint density at radius 1 is 1.44 bits per heavy atom. The van der Waals surface area contributed by atoms with Crippen molar-refractivity contribution in [3.8, 4) is 0 Å². The number of nitrogens with zero attached hydrogens (tertiary/aromatic N) is 1. The van der Waals surface area contributed by atoms with Gasteiger partial charge in [-0.1, -0.05) is 20.8 Å². The van der Waals surface area contributed by atoms with Crippen LogP contribution in [0.5, 0.6) is 0 Å². The second-order valence-corrected chi connectivity index (χ2v) is 5.90. The van der Waals surface area contributed by atoms with E-state index in [1.807, 2.05) is 11.9 Å². The van der Waals surface area contributed by atoms with E-state index < -0.39 is 0 Å². The third-order valence-corrected chi connectivity index (χ3v) is 4.22. The summed E-state index contributed by atoms with van der Waals surface area (Å²) in [6, 6.07) is 0.284. The van der Waals surface area contributed by atoms with Crippen molar-refractivity contribution < 1.29 is 4.79 Å². The molecule has 0 aromatic carbocycles. The Balaban J connectivity index is 2.70. The van der Waals surface area contributed by atoms with Crippen LogP contribution >= 0.6 is 0 Å². The molecule has 0 heterocycles. The Hall–Kier alpha value is -0.570. The molecule has 1 aliphatic rings. The van der Waals surface area contributed by atoms with Crippen molar-refractivity contribution in [2.24, 2.45) is 23.0 Å². The maximum Gasteiger partial charge on any atom is 0.230 e. The van der Waals surface area contributed by atoms with E-state index in [0.717, 1.165) is 12.8 Å². The van der Waals surface area contributed by atoms with Gasteiger partial charge in [0, 0.05) is 19.6 Å². The van der Waals surface area contributed by atoms with Crippen molar-refractivity contribution in [2.45, 2.75) is 46.6 Å². The van der Waals surface area contributed by atoms with Gasteiger partial charge in [0.2, 0.25) is 5.91 Å². The zero-order valence-corrected chi connectivity index (χ0v) is 11.3. The molecular weight excluding hydrogens is 200 g/mol. The minimum Gasteiger partial charge on any atom is -0.342 e. The fraction of sp³-hybridized carbons (Fsp3) is 0.923. The molecule has 16 heavy (non-hydrogen) atoms. The van der Waals surface area contributed by atoms with E-state index in [4.69, 9.17) is 5.73 Å². The van der Waals surface area contributed by atoms with E-state index in [1.54, 1.807) is 0 Å². The number of carbonyl (C=O) groups is 1. The van der Waals surface area contributed by atoms with Crippen LogP contribution < -0.4 is 5.73 Å². The maximum absolute atomic E-state index is 12.4. The molecule has 1 aliphatic carbocycles. The molecule has 1 amide bonds. The van der Waals surface area contributed by atoms with E-state index in [9.17, 15) is 4.79 Å². The van der Waals surface area contributed by atoms with Gasteiger partial charge in [-0.05, 0) is 31.6 Å². The third kappa shape index (κ3) is 2.24. The van der Waals surface area contributed by atoms with E-state index in [0.29, 0.717) is 18.4 Å². The summed E-state index contributed by atoms with van der Waals surface area (Å²) in [5.41, 5.74) is 5.55. The Bertz CT molecular complexity index is 257. The van der Waals surface area contributed by atoms with Crippen molar-refractivity contribution >= 4 is 5.91 Å². The molecule has 0 aliphatic heterocycles. The Morgan fingerprint density at radius 3 is 2.25 bits per heavy atom. The molecule has 0 spiro atoms. The first kappa shape index (κ1) is 13.5. The van der Waals surface area contributed by atoms with Gasteiger partial charge >= 0.3 is 0 Å². The van der Waals surface area contributed by atoms with Gasteiger partial charge in [-0.3, -0.25) is 4.79 Å². The predicted octanol–water partition coefficient (Wildman–Crippen LogP) is 1.86. The lowest BCUT2D eigenvalue weighted by Gasteiger charge is -2.47. The van der Waals surface area contributed by atoms with Crippen LogP contribution in [-0.4, -0.2) is 30.4 Å². The van der Waals surface area contributed by atoms with Crippen LogP contribution in [0.4, 0.5) is 0 Å². The highest BCUT2D eigenvalue weighted by atomic mass is 16.2. The average Bonchev–Trinajstić information content (AvgIpc) is 2.21. The van der Waals surface area contributed by atoms with Crippen LogP contribution in [0.3, 0.4) is 0 Å². The summed E-state index contributed by atoms with van der Waals surface area (Å²) in [6.45, 7) is 9.08. The quantitative estimate of drug-likeness (QED) is 0.795. The first-order valence-electron chi connectivity index (χ1n) is 6.31. The van der Waals surface area contributed by atoms with Crippen molar-refractivity contribution in [1.29, 1.82) is 0 Å². The fourth-order valence-corrected chi connectivity index (χ4v) is 2.71. The molecule has 1 rings (SSSR count). The van der Waals surface area contributed by atoms with Crippen molar-refractivity contribution in [3.05, 3.63) is 0 Å². The molecule has 1 saturated carbocycles. The molecule has 94 valence electrons. The second-order valence-electron chi connectivity index (χ2n) is 5.90. The van der Waals surface area contributed by atoms with Crippen LogP contribution in [0.1, 0.15) is 40.5 Å². The largest absolute Gasteiger partial charge is 0.342 e. The number of hydrogen-bond donors (Lipinski definition) is 1. The number of hydrogen-bond acceptors (Lipinski definition) is 2. The molecule has 0 aromatic heterocycles. The van der Waals surface area contributed by atoms with Crippen LogP contribution in [0.2, 0.25) is 0 Å². The van der Waals surface area contributed by atoms with Gasteiger partial charge in [-0.2, -0.15) is 0 Å². The summed E-state index contributed by atoms with van der Waals surface area (Å²) in [6.07, 6.45) is 1.91. The lowest BCUT2D eigenvalue weighted by molar-refractivity contribution is -0.151. The van der Waals surface area contributed by atoms with E-state index >= 15 is 0 Å². The molecule has 1 atom stereocenters.